The molecule has 0 aromatic heterocycles. The van der Waals surface area contributed by atoms with E-state index in [0.717, 1.165) is 12.8 Å². The fraction of sp³-hybridized carbons (Fsp3) is 0.167. The molecule has 0 amide bonds. The van der Waals surface area contributed by atoms with Crippen molar-refractivity contribution >= 4 is 19.2 Å². The average molecular weight is 276 g/mol. The van der Waals surface area contributed by atoms with Gasteiger partial charge in [-0.05, 0) is 12.8 Å². The van der Waals surface area contributed by atoms with Gasteiger partial charge in [-0.1, -0.05) is 82.8 Å². The van der Waals surface area contributed by atoms with Crippen molar-refractivity contribution in [1.29, 1.82) is 5.26 Å². The minimum Gasteiger partial charge on any atom is -0.198 e. The first-order valence-corrected chi connectivity index (χ1v) is 8.51. The average Bonchev–Trinajstić information content (AvgIpc) is 2.53. The van der Waals surface area contributed by atoms with Crippen LogP contribution in [0.3, 0.4) is 0 Å². The summed E-state index contributed by atoms with van der Waals surface area (Å²) in [6, 6.07) is 23.6. The number of unbranched alkanes of at least 4 members (excludes halogenated alkanes) is 2. The molecule has 0 bridgehead atoms. The van der Waals surface area contributed by atoms with Crippen LogP contribution in [0, 0.1) is 11.3 Å². The second kappa shape index (κ2) is 8.14. The summed E-state index contributed by atoms with van der Waals surface area (Å²) in [5.41, 5.74) is 2.35. The van der Waals surface area contributed by atoms with E-state index in [2.05, 4.69) is 78.5 Å². The lowest BCUT2D eigenvalue weighted by atomic mass is 10.2. The third kappa shape index (κ3) is 4.22. The SMILES string of the molecule is N#CCCC/C=C/[Si](c1ccccc1)c1ccccc1. The van der Waals surface area contributed by atoms with Gasteiger partial charge in [0.25, 0.3) is 0 Å². The summed E-state index contributed by atoms with van der Waals surface area (Å²) in [5.74, 6) is 0. The first-order valence-electron chi connectivity index (χ1n) is 6.93. The van der Waals surface area contributed by atoms with Crippen molar-refractivity contribution < 1.29 is 0 Å². The first kappa shape index (κ1) is 14.3. The van der Waals surface area contributed by atoms with Gasteiger partial charge in [0.05, 0.1) is 6.07 Å². The lowest BCUT2D eigenvalue weighted by Gasteiger charge is -2.11. The Balaban J connectivity index is 2.16. The summed E-state index contributed by atoms with van der Waals surface area (Å²) >= 11 is 0. The van der Waals surface area contributed by atoms with E-state index >= 15 is 0 Å². The first-order chi connectivity index (χ1) is 9.92. The highest BCUT2D eigenvalue weighted by Gasteiger charge is 2.12. The smallest absolute Gasteiger partial charge is 0.146 e. The lowest BCUT2D eigenvalue weighted by Crippen LogP contribution is -2.40. The molecule has 0 aliphatic heterocycles. The molecular weight excluding hydrogens is 258 g/mol. The van der Waals surface area contributed by atoms with Gasteiger partial charge in [-0.25, -0.2) is 0 Å². The Hall–Kier alpha value is -2.11. The maximum absolute atomic E-state index is 8.56. The van der Waals surface area contributed by atoms with Crippen molar-refractivity contribution in [3.8, 4) is 6.07 Å². The van der Waals surface area contributed by atoms with Crippen molar-refractivity contribution in [2.45, 2.75) is 19.3 Å². The number of hydrogen-bond acceptors (Lipinski definition) is 1. The van der Waals surface area contributed by atoms with E-state index in [0.29, 0.717) is 6.42 Å². The summed E-state index contributed by atoms with van der Waals surface area (Å²) in [4.78, 5) is 0. The van der Waals surface area contributed by atoms with Crippen molar-refractivity contribution in [2.24, 2.45) is 0 Å². The molecule has 2 rings (SSSR count). The fourth-order valence-corrected chi connectivity index (χ4v) is 4.32. The molecule has 0 N–H and O–H groups in total. The van der Waals surface area contributed by atoms with Crippen LogP contribution in [-0.2, 0) is 0 Å². The summed E-state index contributed by atoms with van der Waals surface area (Å²) in [6.07, 6.45) is 4.82. The molecule has 2 aromatic rings. The summed E-state index contributed by atoms with van der Waals surface area (Å²) in [5, 5.41) is 11.4. The van der Waals surface area contributed by atoms with Crippen LogP contribution in [0.2, 0.25) is 0 Å². The quantitative estimate of drug-likeness (QED) is 0.587. The normalized spacial score (nSPS) is 10.8. The van der Waals surface area contributed by atoms with E-state index in [1.54, 1.807) is 0 Å². The number of nitrogens with zero attached hydrogens (tertiary/aromatic N) is 1. The maximum atomic E-state index is 8.56. The zero-order valence-electron chi connectivity index (χ0n) is 11.5. The minimum absolute atomic E-state index is 0.642. The Morgan fingerprint density at radius 1 is 0.900 bits per heavy atom. The zero-order chi connectivity index (χ0) is 14.0. The monoisotopic (exact) mass is 276 g/mol. The van der Waals surface area contributed by atoms with Gasteiger partial charge in [0.1, 0.15) is 8.80 Å². The van der Waals surface area contributed by atoms with Gasteiger partial charge in [-0.15, -0.1) is 0 Å². The molecule has 0 spiro atoms. The van der Waals surface area contributed by atoms with Gasteiger partial charge in [0.2, 0.25) is 0 Å². The Morgan fingerprint density at radius 3 is 1.95 bits per heavy atom. The molecule has 0 saturated carbocycles. The van der Waals surface area contributed by atoms with E-state index in [1.807, 2.05) is 0 Å². The number of allylic oxidation sites excluding steroid dienone is 1. The van der Waals surface area contributed by atoms with E-state index in [1.165, 1.54) is 10.4 Å². The molecule has 99 valence electrons. The van der Waals surface area contributed by atoms with Crippen LogP contribution in [0.1, 0.15) is 19.3 Å². The second-order valence-electron chi connectivity index (χ2n) is 4.60. The van der Waals surface area contributed by atoms with Crippen LogP contribution in [0.15, 0.2) is 72.4 Å². The molecule has 0 atom stereocenters. The Kier molecular flexibility index (Phi) is 5.82. The van der Waals surface area contributed by atoms with Crippen molar-refractivity contribution in [3.05, 3.63) is 72.4 Å². The molecule has 1 radical (unpaired) electrons. The maximum Gasteiger partial charge on any atom is 0.146 e. The Bertz CT molecular complexity index is 530. The minimum atomic E-state index is -0.850. The van der Waals surface area contributed by atoms with Crippen molar-refractivity contribution in [3.63, 3.8) is 0 Å². The fourth-order valence-electron chi connectivity index (χ4n) is 2.09. The topological polar surface area (TPSA) is 23.8 Å². The van der Waals surface area contributed by atoms with E-state index in [4.69, 9.17) is 5.26 Å². The molecule has 0 saturated heterocycles. The van der Waals surface area contributed by atoms with Crippen molar-refractivity contribution in [2.75, 3.05) is 0 Å². The summed E-state index contributed by atoms with van der Waals surface area (Å²) < 4.78 is 0. The molecule has 0 aliphatic rings. The predicted octanol–water partition coefficient (Wildman–Crippen LogP) is 3.08. The highest BCUT2D eigenvalue weighted by molar-refractivity contribution is 6.89. The highest BCUT2D eigenvalue weighted by Crippen LogP contribution is 1.99. The summed E-state index contributed by atoms with van der Waals surface area (Å²) in [6.45, 7) is 0. The van der Waals surface area contributed by atoms with Crippen LogP contribution >= 0.6 is 0 Å². The third-order valence-corrected chi connectivity index (χ3v) is 5.59. The second-order valence-corrected chi connectivity index (χ2v) is 6.91. The Morgan fingerprint density at radius 2 is 1.45 bits per heavy atom. The molecule has 0 unspecified atom stereocenters. The molecular formula is C18H18NSi. The number of benzene rings is 2. The Labute approximate surface area is 122 Å². The van der Waals surface area contributed by atoms with Gasteiger partial charge >= 0.3 is 0 Å². The lowest BCUT2D eigenvalue weighted by molar-refractivity contribution is 0.877. The van der Waals surface area contributed by atoms with Crippen LogP contribution in [0.25, 0.3) is 0 Å². The standard InChI is InChI=1S/C18H18NSi/c19-15-9-1-2-10-16-20(17-11-5-3-6-12-17)18-13-7-4-8-14-18/h3-8,10-14,16H,1-2,9H2/b16-10+. The van der Waals surface area contributed by atoms with Crippen LogP contribution in [0.5, 0.6) is 0 Å². The van der Waals surface area contributed by atoms with E-state index in [9.17, 15) is 0 Å². The van der Waals surface area contributed by atoms with Gasteiger partial charge in [0.15, 0.2) is 0 Å². The van der Waals surface area contributed by atoms with Crippen LogP contribution in [0.4, 0.5) is 0 Å². The van der Waals surface area contributed by atoms with E-state index in [-0.39, 0.29) is 0 Å². The largest absolute Gasteiger partial charge is 0.198 e. The number of rotatable bonds is 6. The molecule has 2 aromatic carbocycles. The molecule has 0 aliphatic carbocycles. The molecule has 1 nitrogen and oxygen atoms in total. The zero-order valence-corrected chi connectivity index (χ0v) is 12.5. The number of hydrogen-bond donors (Lipinski definition) is 0. The van der Waals surface area contributed by atoms with Gasteiger partial charge in [0, 0.05) is 6.42 Å². The van der Waals surface area contributed by atoms with E-state index < -0.39 is 8.80 Å². The molecule has 0 heterocycles. The highest BCUT2D eigenvalue weighted by atomic mass is 28.3. The van der Waals surface area contributed by atoms with Crippen LogP contribution in [-0.4, -0.2) is 8.80 Å². The molecule has 2 heteroatoms. The number of nitriles is 1. The molecule has 20 heavy (non-hydrogen) atoms. The third-order valence-electron chi connectivity index (χ3n) is 3.11. The predicted molar refractivity (Wildman–Crippen MR) is 86.5 cm³/mol. The van der Waals surface area contributed by atoms with Gasteiger partial charge in [-0.2, -0.15) is 5.26 Å². The molecule has 0 fully saturated rings. The summed E-state index contributed by atoms with van der Waals surface area (Å²) in [7, 11) is -0.850. The van der Waals surface area contributed by atoms with Gasteiger partial charge in [-0.3, -0.25) is 0 Å². The van der Waals surface area contributed by atoms with Gasteiger partial charge < -0.3 is 0 Å². The van der Waals surface area contributed by atoms with Crippen LogP contribution < -0.4 is 10.4 Å². The van der Waals surface area contributed by atoms with Crippen molar-refractivity contribution in [1.82, 2.24) is 0 Å².